The molecule has 0 amide bonds. The number of para-hydroxylation sites is 1. The zero-order valence-corrected chi connectivity index (χ0v) is 15.8. The van der Waals surface area contributed by atoms with E-state index in [2.05, 4.69) is 16.9 Å². The summed E-state index contributed by atoms with van der Waals surface area (Å²) < 4.78 is 7.67. The van der Waals surface area contributed by atoms with Gasteiger partial charge in [0.25, 0.3) is 0 Å². The van der Waals surface area contributed by atoms with Gasteiger partial charge in [-0.05, 0) is 55.8 Å². The summed E-state index contributed by atoms with van der Waals surface area (Å²) in [5, 5.41) is 14.4. The van der Waals surface area contributed by atoms with Crippen molar-refractivity contribution in [3.8, 4) is 34.5 Å². The Morgan fingerprint density at radius 2 is 1.64 bits per heavy atom. The Bertz CT molecular complexity index is 1160. The minimum atomic E-state index is -1.05. The van der Waals surface area contributed by atoms with Gasteiger partial charge in [-0.3, -0.25) is 0 Å². The van der Waals surface area contributed by atoms with Crippen LogP contribution in [0.2, 0.25) is 0 Å². The van der Waals surface area contributed by atoms with Gasteiger partial charge in [-0.25, -0.2) is 4.52 Å². The zero-order chi connectivity index (χ0) is 19.6. The molecule has 0 saturated carbocycles. The number of benzene rings is 2. The summed E-state index contributed by atoms with van der Waals surface area (Å²) >= 11 is 0. The molecule has 0 aliphatic carbocycles. The van der Waals surface area contributed by atoms with Gasteiger partial charge in [-0.2, -0.15) is 5.10 Å². The predicted molar refractivity (Wildman–Crippen MR) is 110 cm³/mol. The van der Waals surface area contributed by atoms with Gasteiger partial charge in [0.2, 0.25) is 0 Å². The highest BCUT2D eigenvalue weighted by Crippen LogP contribution is 2.29. The molecule has 0 radical (unpaired) electrons. The van der Waals surface area contributed by atoms with Crippen molar-refractivity contribution in [2.45, 2.75) is 19.4 Å². The van der Waals surface area contributed by atoms with Crippen molar-refractivity contribution in [3.05, 3.63) is 84.7 Å². The SMILES string of the molecule is CC(C)(O)C#Cc1cccn2ncc(-c3ccc(Oc4ccccc4)cc3)c12. The Morgan fingerprint density at radius 3 is 2.36 bits per heavy atom. The highest BCUT2D eigenvalue weighted by molar-refractivity contribution is 5.84. The highest BCUT2D eigenvalue weighted by Gasteiger charge is 2.12. The Morgan fingerprint density at radius 1 is 0.929 bits per heavy atom. The number of ether oxygens (including phenoxy) is 1. The molecule has 2 aromatic carbocycles. The van der Waals surface area contributed by atoms with Crippen LogP contribution in [0, 0.1) is 11.8 Å². The fraction of sp³-hybridized carbons (Fsp3) is 0.125. The summed E-state index contributed by atoms with van der Waals surface area (Å²) in [4.78, 5) is 0. The number of rotatable bonds is 3. The van der Waals surface area contributed by atoms with E-state index in [1.54, 1.807) is 18.4 Å². The predicted octanol–water partition coefficient (Wildman–Crippen LogP) is 4.92. The first kappa shape index (κ1) is 17.8. The van der Waals surface area contributed by atoms with Gasteiger partial charge in [-0.15, -0.1) is 0 Å². The molecule has 0 atom stereocenters. The number of aliphatic hydroxyl groups is 1. The summed E-state index contributed by atoms with van der Waals surface area (Å²) in [5.41, 5.74) is 2.68. The van der Waals surface area contributed by atoms with Crippen LogP contribution in [-0.4, -0.2) is 20.3 Å². The fourth-order valence-corrected chi connectivity index (χ4v) is 2.90. The fourth-order valence-electron chi connectivity index (χ4n) is 2.90. The molecule has 4 aromatic rings. The van der Waals surface area contributed by atoms with Crippen molar-refractivity contribution < 1.29 is 9.84 Å². The summed E-state index contributed by atoms with van der Waals surface area (Å²) in [6.07, 6.45) is 3.72. The number of aromatic nitrogens is 2. The molecule has 138 valence electrons. The summed E-state index contributed by atoms with van der Waals surface area (Å²) in [5.74, 6) is 7.54. The smallest absolute Gasteiger partial charge is 0.127 e. The van der Waals surface area contributed by atoms with E-state index in [-0.39, 0.29) is 0 Å². The lowest BCUT2D eigenvalue weighted by atomic mass is 10.0. The third-order valence-electron chi connectivity index (χ3n) is 4.19. The summed E-state index contributed by atoms with van der Waals surface area (Å²) in [6.45, 7) is 3.34. The average molecular weight is 368 g/mol. The van der Waals surface area contributed by atoms with E-state index < -0.39 is 5.60 Å². The van der Waals surface area contributed by atoms with Crippen LogP contribution in [0.1, 0.15) is 19.4 Å². The molecule has 28 heavy (non-hydrogen) atoms. The maximum absolute atomic E-state index is 9.93. The maximum atomic E-state index is 9.93. The van der Waals surface area contributed by atoms with Crippen LogP contribution in [0.5, 0.6) is 11.5 Å². The monoisotopic (exact) mass is 368 g/mol. The van der Waals surface area contributed by atoms with E-state index in [4.69, 9.17) is 4.74 Å². The molecule has 4 heteroatoms. The van der Waals surface area contributed by atoms with Crippen LogP contribution in [0.15, 0.2) is 79.1 Å². The van der Waals surface area contributed by atoms with Crippen LogP contribution in [0.25, 0.3) is 16.6 Å². The summed E-state index contributed by atoms with van der Waals surface area (Å²) in [7, 11) is 0. The molecule has 2 heterocycles. The second-order valence-corrected chi connectivity index (χ2v) is 7.02. The molecule has 0 aliphatic rings. The molecule has 0 aliphatic heterocycles. The van der Waals surface area contributed by atoms with E-state index in [0.29, 0.717) is 0 Å². The number of hydrogen-bond acceptors (Lipinski definition) is 3. The Balaban J connectivity index is 1.70. The molecule has 4 rings (SSSR count). The van der Waals surface area contributed by atoms with Gasteiger partial charge in [-0.1, -0.05) is 42.2 Å². The number of fused-ring (bicyclic) bond motifs is 1. The molecule has 0 spiro atoms. The second kappa shape index (κ2) is 7.22. The summed E-state index contributed by atoms with van der Waals surface area (Å²) in [6, 6.07) is 21.4. The molecule has 4 nitrogen and oxygen atoms in total. The first-order chi connectivity index (χ1) is 13.5. The quantitative estimate of drug-likeness (QED) is 0.522. The van der Waals surface area contributed by atoms with Crippen LogP contribution < -0.4 is 4.74 Å². The average Bonchev–Trinajstić information content (AvgIpc) is 3.12. The minimum Gasteiger partial charge on any atom is -0.457 e. The largest absolute Gasteiger partial charge is 0.457 e. The van der Waals surface area contributed by atoms with Gasteiger partial charge < -0.3 is 9.84 Å². The van der Waals surface area contributed by atoms with Crippen molar-refractivity contribution in [1.82, 2.24) is 9.61 Å². The lowest BCUT2D eigenvalue weighted by molar-refractivity contribution is 0.143. The zero-order valence-electron chi connectivity index (χ0n) is 15.8. The van der Waals surface area contributed by atoms with E-state index in [1.165, 1.54) is 0 Å². The van der Waals surface area contributed by atoms with Gasteiger partial charge in [0, 0.05) is 11.8 Å². The van der Waals surface area contributed by atoms with Crippen LogP contribution in [0.4, 0.5) is 0 Å². The number of hydrogen-bond donors (Lipinski definition) is 1. The van der Waals surface area contributed by atoms with Crippen molar-refractivity contribution in [2.75, 3.05) is 0 Å². The van der Waals surface area contributed by atoms with E-state index >= 15 is 0 Å². The van der Waals surface area contributed by atoms with E-state index in [0.717, 1.165) is 33.7 Å². The lowest BCUT2D eigenvalue weighted by Crippen LogP contribution is -2.14. The third kappa shape index (κ3) is 3.90. The van der Waals surface area contributed by atoms with Crippen LogP contribution in [-0.2, 0) is 0 Å². The molecular weight excluding hydrogens is 348 g/mol. The standard InChI is InChI=1S/C24H20N2O2/c1-24(2,27)15-14-19-7-6-16-26-23(19)22(17-25-26)18-10-12-21(13-11-18)28-20-8-4-3-5-9-20/h3-13,16-17,27H,1-2H3. The Kier molecular flexibility index (Phi) is 4.60. The third-order valence-corrected chi connectivity index (χ3v) is 4.19. The molecule has 0 bridgehead atoms. The Hall–Kier alpha value is -3.55. The van der Waals surface area contributed by atoms with Gasteiger partial charge >= 0.3 is 0 Å². The van der Waals surface area contributed by atoms with E-state index in [9.17, 15) is 5.11 Å². The van der Waals surface area contributed by atoms with Crippen molar-refractivity contribution in [1.29, 1.82) is 0 Å². The molecule has 1 N–H and O–H groups in total. The number of pyridine rings is 1. The first-order valence-corrected chi connectivity index (χ1v) is 9.05. The van der Waals surface area contributed by atoms with Crippen molar-refractivity contribution >= 4 is 5.52 Å². The van der Waals surface area contributed by atoms with Crippen LogP contribution >= 0.6 is 0 Å². The molecule has 0 fully saturated rings. The molecule has 0 unspecified atom stereocenters. The van der Waals surface area contributed by atoms with Crippen molar-refractivity contribution in [2.24, 2.45) is 0 Å². The normalized spacial score (nSPS) is 11.1. The second-order valence-electron chi connectivity index (χ2n) is 7.02. The maximum Gasteiger partial charge on any atom is 0.127 e. The number of nitrogens with zero attached hydrogens (tertiary/aromatic N) is 2. The Labute approximate surface area is 164 Å². The molecule has 2 aromatic heterocycles. The first-order valence-electron chi connectivity index (χ1n) is 9.05. The van der Waals surface area contributed by atoms with Gasteiger partial charge in [0.05, 0.1) is 17.3 Å². The highest BCUT2D eigenvalue weighted by atomic mass is 16.5. The van der Waals surface area contributed by atoms with Gasteiger partial charge in [0.15, 0.2) is 0 Å². The lowest BCUT2D eigenvalue weighted by Gasteiger charge is -2.08. The van der Waals surface area contributed by atoms with Crippen molar-refractivity contribution in [3.63, 3.8) is 0 Å². The van der Waals surface area contributed by atoms with Crippen LogP contribution in [0.3, 0.4) is 0 Å². The molecular formula is C24H20N2O2. The minimum absolute atomic E-state index is 0.772. The van der Waals surface area contributed by atoms with Gasteiger partial charge in [0.1, 0.15) is 17.1 Å². The molecule has 0 saturated heterocycles. The van der Waals surface area contributed by atoms with E-state index in [1.807, 2.05) is 79.1 Å². The topological polar surface area (TPSA) is 46.8 Å².